The summed E-state index contributed by atoms with van der Waals surface area (Å²) in [5, 5.41) is 0. The first-order chi connectivity index (χ1) is 9.25. The predicted octanol–water partition coefficient (Wildman–Crippen LogP) is 2.75. The van der Waals surface area contributed by atoms with E-state index in [2.05, 4.69) is 36.2 Å². The van der Waals surface area contributed by atoms with E-state index >= 15 is 0 Å². The fourth-order valence-corrected chi connectivity index (χ4v) is 4.08. The highest BCUT2D eigenvalue weighted by Crippen LogP contribution is 2.36. The highest BCUT2D eigenvalue weighted by Gasteiger charge is 2.40. The van der Waals surface area contributed by atoms with Crippen LogP contribution in [0.15, 0.2) is 24.3 Å². The topological polar surface area (TPSA) is 29.3 Å². The summed E-state index contributed by atoms with van der Waals surface area (Å²) in [6.45, 7) is 0.786. The van der Waals surface area contributed by atoms with Gasteiger partial charge in [0.15, 0.2) is 0 Å². The Kier molecular flexibility index (Phi) is 3.64. The van der Waals surface area contributed by atoms with Crippen molar-refractivity contribution in [3.63, 3.8) is 0 Å². The molecule has 0 heterocycles. The number of hydrogen-bond acceptors (Lipinski definition) is 2. The number of rotatable bonds is 3. The lowest BCUT2D eigenvalue weighted by Gasteiger charge is -2.47. The van der Waals surface area contributed by atoms with Crippen molar-refractivity contribution >= 4 is 0 Å². The molecule has 2 N–H and O–H groups in total. The second kappa shape index (κ2) is 5.26. The summed E-state index contributed by atoms with van der Waals surface area (Å²) in [6.07, 6.45) is 9.04. The minimum Gasteiger partial charge on any atom is -0.329 e. The van der Waals surface area contributed by atoms with Gasteiger partial charge >= 0.3 is 0 Å². The largest absolute Gasteiger partial charge is 0.329 e. The molecule has 0 spiro atoms. The van der Waals surface area contributed by atoms with Crippen LogP contribution in [-0.2, 0) is 12.8 Å². The van der Waals surface area contributed by atoms with E-state index in [1.807, 2.05) is 0 Å². The van der Waals surface area contributed by atoms with Crippen molar-refractivity contribution < 1.29 is 0 Å². The Bertz CT molecular complexity index is 437. The lowest BCUT2D eigenvalue weighted by atomic mass is 9.76. The first-order valence-corrected chi connectivity index (χ1v) is 7.75. The first-order valence-electron chi connectivity index (χ1n) is 7.75. The fraction of sp³-hybridized carbons (Fsp3) is 0.647. The van der Waals surface area contributed by atoms with Gasteiger partial charge in [-0.25, -0.2) is 0 Å². The third-order valence-electron chi connectivity index (χ3n) is 5.50. The number of aryl methyl sites for hydroxylation is 1. The minimum absolute atomic E-state index is 0.198. The van der Waals surface area contributed by atoms with Gasteiger partial charge in [-0.2, -0.15) is 0 Å². The summed E-state index contributed by atoms with van der Waals surface area (Å²) < 4.78 is 0. The van der Waals surface area contributed by atoms with Gasteiger partial charge in [-0.05, 0) is 50.3 Å². The van der Waals surface area contributed by atoms with Crippen LogP contribution in [0.1, 0.15) is 43.2 Å². The van der Waals surface area contributed by atoms with Crippen LogP contribution in [0.3, 0.4) is 0 Å². The zero-order chi connectivity index (χ0) is 13.3. The molecule has 19 heavy (non-hydrogen) atoms. The first kappa shape index (κ1) is 13.1. The fourth-order valence-electron chi connectivity index (χ4n) is 4.08. The van der Waals surface area contributed by atoms with Crippen molar-refractivity contribution in [3.8, 4) is 0 Å². The number of nitrogens with two attached hydrogens (primary N) is 1. The second-order valence-corrected chi connectivity index (χ2v) is 6.42. The summed E-state index contributed by atoms with van der Waals surface area (Å²) in [6, 6.07) is 9.66. The zero-order valence-corrected chi connectivity index (χ0v) is 12.1. The molecule has 1 saturated carbocycles. The van der Waals surface area contributed by atoms with Gasteiger partial charge in [-0.3, -0.25) is 4.90 Å². The summed E-state index contributed by atoms with van der Waals surface area (Å²) in [5.41, 5.74) is 9.47. The molecular formula is C17H26N2. The van der Waals surface area contributed by atoms with Crippen molar-refractivity contribution in [1.29, 1.82) is 0 Å². The maximum absolute atomic E-state index is 6.22. The van der Waals surface area contributed by atoms with Gasteiger partial charge in [0.1, 0.15) is 0 Å². The Morgan fingerprint density at radius 1 is 1.21 bits per heavy atom. The Hall–Kier alpha value is -0.860. The number of nitrogens with zero attached hydrogens (tertiary/aromatic N) is 1. The molecule has 0 radical (unpaired) electrons. The lowest BCUT2D eigenvalue weighted by Crippen LogP contribution is -2.58. The molecule has 2 nitrogen and oxygen atoms in total. The van der Waals surface area contributed by atoms with Gasteiger partial charge in [0.05, 0.1) is 0 Å². The van der Waals surface area contributed by atoms with Crippen LogP contribution in [0.5, 0.6) is 0 Å². The van der Waals surface area contributed by atoms with Gasteiger partial charge < -0.3 is 5.73 Å². The average molecular weight is 258 g/mol. The molecule has 1 atom stereocenters. The highest BCUT2D eigenvalue weighted by molar-refractivity contribution is 5.32. The van der Waals surface area contributed by atoms with Crippen LogP contribution in [0.4, 0.5) is 0 Å². The Balaban J connectivity index is 1.84. The third-order valence-corrected chi connectivity index (χ3v) is 5.50. The molecule has 1 aromatic rings. The molecule has 1 aromatic carbocycles. The van der Waals surface area contributed by atoms with Gasteiger partial charge in [-0.15, -0.1) is 0 Å². The van der Waals surface area contributed by atoms with Crippen molar-refractivity contribution in [3.05, 3.63) is 35.4 Å². The van der Waals surface area contributed by atoms with Crippen LogP contribution in [0, 0.1) is 0 Å². The number of hydrogen-bond donors (Lipinski definition) is 1. The minimum atomic E-state index is 0.198. The average Bonchev–Trinajstić information content (AvgIpc) is 3.00. The van der Waals surface area contributed by atoms with Crippen molar-refractivity contribution in [1.82, 2.24) is 4.90 Å². The molecule has 2 aliphatic rings. The highest BCUT2D eigenvalue weighted by atomic mass is 15.2. The second-order valence-electron chi connectivity index (χ2n) is 6.42. The van der Waals surface area contributed by atoms with E-state index in [0.717, 1.165) is 19.0 Å². The third kappa shape index (κ3) is 2.32. The van der Waals surface area contributed by atoms with E-state index in [1.54, 1.807) is 0 Å². The van der Waals surface area contributed by atoms with E-state index in [4.69, 9.17) is 5.73 Å². The zero-order valence-electron chi connectivity index (χ0n) is 12.1. The summed E-state index contributed by atoms with van der Waals surface area (Å²) in [7, 11) is 2.32. The Labute approximate surface area is 117 Å². The molecule has 0 bridgehead atoms. The van der Waals surface area contributed by atoms with Crippen LogP contribution >= 0.6 is 0 Å². The summed E-state index contributed by atoms with van der Waals surface area (Å²) in [5.74, 6) is 0. The molecule has 0 amide bonds. The van der Waals surface area contributed by atoms with E-state index in [1.165, 1.54) is 49.7 Å². The van der Waals surface area contributed by atoms with E-state index < -0.39 is 0 Å². The molecule has 0 saturated heterocycles. The molecule has 3 rings (SSSR count). The SMILES string of the molecule is CN(C1CCCC1)C1(CN)CCc2ccccc2C1. The van der Waals surface area contributed by atoms with Crippen LogP contribution in [0.2, 0.25) is 0 Å². The predicted molar refractivity (Wildman–Crippen MR) is 80.3 cm³/mol. The standard InChI is InChI=1S/C17H26N2/c1-19(16-8-4-5-9-16)17(13-18)11-10-14-6-2-3-7-15(14)12-17/h2-3,6-7,16H,4-5,8-13,18H2,1H3. The van der Waals surface area contributed by atoms with Crippen LogP contribution in [-0.4, -0.2) is 30.1 Å². The molecule has 104 valence electrons. The smallest absolute Gasteiger partial charge is 0.0375 e. The monoisotopic (exact) mass is 258 g/mol. The Morgan fingerprint density at radius 2 is 1.89 bits per heavy atom. The van der Waals surface area contributed by atoms with Crippen molar-refractivity contribution in [2.75, 3.05) is 13.6 Å². The summed E-state index contributed by atoms with van der Waals surface area (Å²) in [4.78, 5) is 2.63. The normalized spacial score (nSPS) is 27.7. The van der Waals surface area contributed by atoms with Gasteiger partial charge in [0, 0.05) is 18.1 Å². The van der Waals surface area contributed by atoms with E-state index in [0.29, 0.717) is 0 Å². The van der Waals surface area contributed by atoms with Gasteiger partial charge in [0.25, 0.3) is 0 Å². The Morgan fingerprint density at radius 3 is 2.58 bits per heavy atom. The van der Waals surface area contributed by atoms with E-state index in [-0.39, 0.29) is 5.54 Å². The molecule has 2 aliphatic carbocycles. The molecule has 2 heteroatoms. The molecular weight excluding hydrogens is 232 g/mol. The molecule has 1 fully saturated rings. The van der Waals surface area contributed by atoms with Crippen LogP contribution in [0.25, 0.3) is 0 Å². The number of fused-ring (bicyclic) bond motifs is 1. The van der Waals surface area contributed by atoms with Crippen molar-refractivity contribution in [2.45, 2.75) is 56.5 Å². The van der Waals surface area contributed by atoms with Crippen molar-refractivity contribution in [2.24, 2.45) is 5.73 Å². The maximum Gasteiger partial charge on any atom is 0.0375 e. The lowest BCUT2D eigenvalue weighted by molar-refractivity contribution is 0.0658. The molecule has 1 unspecified atom stereocenters. The molecule has 0 aromatic heterocycles. The van der Waals surface area contributed by atoms with Gasteiger partial charge in [-0.1, -0.05) is 37.1 Å². The van der Waals surface area contributed by atoms with Crippen LogP contribution < -0.4 is 5.73 Å². The summed E-state index contributed by atoms with van der Waals surface area (Å²) >= 11 is 0. The number of benzene rings is 1. The van der Waals surface area contributed by atoms with E-state index in [9.17, 15) is 0 Å². The number of likely N-dealkylation sites (N-methyl/N-ethyl adjacent to an activating group) is 1. The van der Waals surface area contributed by atoms with Gasteiger partial charge in [0.2, 0.25) is 0 Å². The quantitative estimate of drug-likeness (QED) is 0.903. The molecule has 0 aliphatic heterocycles. The maximum atomic E-state index is 6.22.